The van der Waals surface area contributed by atoms with Crippen molar-refractivity contribution in [3.63, 3.8) is 0 Å². The van der Waals surface area contributed by atoms with Gasteiger partial charge in [-0.1, -0.05) is 25.7 Å². The summed E-state index contributed by atoms with van der Waals surface area (Å²) in [5.74, 6) is 1.13. The summed E-state index contributed by atoms with van der Waals surface area (Å²) in [6.45, 7) is 1.92. The molecule has 1 fully saturated rings. The summed E-state index contributed by atoms with van der Waals surface area (Å²) in [6.07, 6.45) is 5.96. The molecule has 3 N–H and O–H groups in total. The number of nitrogens with two attached hydrogens (primary N) is 1. The molecule has 0 heterocycles. The van der Waals surface area contributed by atoms with E-state index in [4.69, 9.17) is 5.73 Å². The van der Waals surface area contributed by atoms with Crippen LogP contribution in [0.4, 0.5) is 0 Å². The Bertz CT molecular complexity index is 304. The van der Waals surface area contributed by atoms with Crippen LogP contribution in [0.2, 0.25) is 0 Å². The first kappa shape index (κ1) is 15.3. The zero-order valence-corrected chi connectivity index (χ0v) is 11.9. The van der Waals surface area contributed by atoms with Gasteiger partial charge < -0.3 is 11.1 Å². The molecule has 1 aliphatic carbocycles. The van der Waals surface area contributed by atoms with Crippen molar-refractivity contribution in [3.8, 4) is 6.07 Å². The molecule has 1 atom stereocenters. The van der Waals surface area contributed by atoms with Gasteiger partial charge in [0, 0.05) is 11.8 Å². The molecular formula is C13H23N3OS. The number of rotatable bonds is 5. The first-order valence-corrected chi connectivity index (χ1v) is 7.79. The minimum atomic E-state index is -0.623. The van der Waals surface area contributed by atoms with E-state index < -0.39 is 5.54 Å². The largest absolute Gasteiger partial charge is 0.337 e. The highest BCUT2D eigenvalue weighted by Gasteiger charge is 2.32. The average Bonchev–Trinajstić information content (AvgIpc) is 2.55. The van der Waals surface area contributed by atoms with Crippen molar-refractivity contribution in [3.05, 3.63) is 0 Å². The molecule has 1 unspecified atom stereocenters. The summed E-state index contributed by atoms with van der Waals surface area (Å²) in [7, 11) is 0. The van der Waals surface area contributed by atoms with E-state index in [1.54, 1.807) is 0 Å². The first-order valence-electron chi connectivity index (χ1n) is 6.63. The number of nitrogens with zero attached hydrogens (tertiary/aromatic N) is 1. The maximum atomic E-state index is 11.8. The summed E-state index contributed by atoms with van der Waals surface area (Å²) < 4.78 is 0. The van der Waals surface area contributed by atoms with Crippen LogP contribution in [0.25, 0.3) is 0 Å². The van der Waals surface area contributed by atoms with Crippen molar-refractivity contribution in [2.24, 2.45) is 5.73 Å². The maximum absolute atomic E-state index is 11.8. The van der Waals surface area contributed by atoms with Gasteiger partial charge in [-0.15, -0.1) is 0 Å². The summed E-state index contributed by atoms with van der Waals surface area (Å²) >= 11 is 1.53. The van der Waals surface area contributed by atoms with E-state index in [0.29, 0.717) is 5.75 Å². The molecule has 5 heteroatoms. The normalized spacial score (nSPS) is 20.5. The van der Waals surface area contributed by atoms with Crippen molar-refractivity contribution in [2.75, 3.05) is 11.5 Å². The SMILES string of the molecule is CC(N)CSCC(=O)NC1(C#N)CCCCCC1. The second-order valence-electron chi connectivity index (χ2n) is 5.15. The van der Waals surface area contributed by atoms with Gasteiger partial charge in [0.1, 0.15) is 5.54 Å². The number of thioether (sulfide) groups is 1. The van der Waals surface area contributed by atoms with Crippen LogP contribution in [0.15, 0.2) is 0 Å². The van der Waals surface area contributed by atoms with Gasteiger partial charge in [-0.05, 0) is 19.8 Å². The van der Waals surface area contributed by atoms with Crippen LogP contribution in [0.1, 0.15) is 45.4 Å². The number of nitriles is 1. The second-order valence-corrected chi connectivity index (χ2v) is 6.18. The van der Waals surface area contributed by atoms with E-state index in [2.05, 4.69) is 11.4 Å². The Hall–Kier alpha value is -0.730. The third kappa shape index (κ3) is 5.28. The molecule has 4 nitrogen and oxygen atoms in total. The van der Waals surface area contributed by atoms with Gasteiger partial charge in [-0.2, -0.15) is 17.0 Å². The van der Waals surface area contributed by atoms with Crippen LogP contribution >= 0.6 is 11.8 Å². The Morgan fingerprint density at radius 1 is 1.44 bits per heavy atom. The predicted octanol–water partition coefficient (Wildman–Crippen LogP) is 1.80. The summed E-state index contributed by atoms with van der Waals surface area (Å²) in [5, 5.41) is 12.3. The van der Waals surface area contributed by atoms with Crippen molar-refractivity contribution in [1.82, 2.24) is 5.32 Å². The van der Waals surface area contributed by atoms with E-state index in [1.165, 1.54) is 24.6 Å². The van der Waals surface area contributed by atoms with Gasteiger partial charge >= 0.3 is 0 Å². The summed E-state index contributed by atoms with van der Waals surface area (Å²) in [4.78, 5) is 11.8. The molecule has 0 spiro atoms. The molecule has 1 saturated carbocycles. The Morgan fingerprint density at radius 3 is 2.56 bits per heavy atom. The number of carbonyl (C=O) groups is 1. The molecule has 1 rings (SSSR count). The minimum Gasteiger partial charge on any atom is -0.337 e. The van der Waals surface area contributed by atoms with Crippen LogP contribution in [0, 0.1) is 11.3 Å². The van der Waals surface area contributed by atoms with Gasteiger partial charge in [0.05, 0.1) is 11.8 Å². The Morgan fingerprint density at radius 2 is 2.06 bits per heavy atom. The van der Waals surface area contributed by atoms with E-state index >= 15 is 0 Å². The highest BCUT2D eigenvalue weighted by Crippen LogP contribution is 2.26. The highest BCUT2D eigenvalue weighted by molar-refractivity contribution is 7.99. The van der Waals surface area contributed by atoms with E-state index in [-0.39, 0.29) is 11.9 Å². The first-order chi connectivity index (χ1) is 8.58. The molecule has 0 radical (unpaired) electrons. The number of amides is 1. The van der Waals surface area contributed by atoms with Crippen LogP contribution in [-0.2, 0) is 4.79 Å². The monoisotopic (exact) mass is 269 g/mol. The molecule has 1 amide bonds. The quantitative estimate of drug-likeness (QED) is 0.746. The number of nitrogens with one attached hydrogen (secondary N) is 1. The molecule has 0 aromatic rings. The third-order valence-corrected chi connectivity index (χ3v) is 4.39. The number of carbonyl (C=O) groups excluding carboxylic acids is 1. The fourth-order valence-electron chi connectivity index (χ4n) is 2.24. The molecule has 0 saturated heterocycles. The Balaban J connectivity index is 2.41. The van der Waals surface area contributed by atoms with E-state index in [0.717, 1.165) is 31.4 Å². The molecule has 0 bridgehead atoms. The standard InChI is InChI=1S/C13H23N3OS/c1-11(15)8-18-9-12(17)16-13(10-14)6-4-2-3-5-7-13/h11H,2-9,15H2,1H3,(H,16,17). The third-order valence-electron chi connectivity index (χ3n) is 3.16. The smallest absolute Gasteiger partial charge is 0.231 e. The fourth-order valence-corrected chi connectivity index (χ4v) is 2.98. The van der Waals surface area contributed by atoms with Gasteiger partial charge in [-0.3, -0.25) is 4.79 Å². The Kier molecular flexibility index (Phi) is 6.51. The van der Waals surface area contributed by atoms with Gasteiger partial charge in [0.2, 0.25) is 5.91 Å². The van der Waals surface area contributed by atoms with Crippen LogP contribution in [0.3, 0.4) is 0 Å². The second kappa shape index (κ2) is 7.65. The molecule has 0 aliphatic heterocycles. The molecule has 0 aromatic heterocycles. The lowest BCUT2D eigenvalue weighted by molar-refractivity contribution is -0.120. The lowest BCUT2D eigenvalue weighted by atomic mass is 9.92. The predicted molar refractivity (Wildman–Crippen MR) is 75.2 cm³/mol. The maximum Gasteiger partial charge on any atom is 0.231 e. The minimum absolute atomic E-state index is 0.0379. The lowest BCUT2D eigenvalue weighted by Gasteiger charge is -2.26. The van der Waals surface area contributed by atoms with Gasteiger partial charge in [0.25, 0.3) is 0 Å². The van der Waals surface area contributed by atoms with Gasteiger partial charge in [0.15, 0.2) is 0 Å². The lowest BCUT2D eigenvalue weighted by Crippen LogP contribution is -2.47. The molecule has 0 aromatic carbocycles. The van der Waals surface area contributed by atoms with E-state index in [9.17, 15) is 10.1 Å². The van der Waals surface area contributed by atoms with Crippen molar-refractivity contribution < 1.29 is 4.79 Å². The van der Waals surface area contributed by atoms with Crippen molar-refractivity contribution in [2.45, 2.75) is 57.0 Å². The van der Waals surface area contributed by atoms with Crippen molar-refractivity contribution in [1.29, 1.82) is 5.26 Å². The Labute approximate surface area is 114 Å². The van der Waals surface area contributed by atoms with Crippen LogP contribution in [0.5, 0.6) is 0 Å². The zero-order valence-electron chi connectivity index (χ0n) is 11.1. The average molecular weight is 269 g/mol. The zero-order chi connectivity index (χ0) is 13.4. The topological polar surface area (TPSA) is 78.9 Å². The number of hydrogen-bond acceptors (Lipinski definition) is 4. The van der Waals surface area contributed by atoms with Crippen LogP contribution in [-0.4, -0.2) is 29.0 Å². The van der Waals surface area contributed by atoms with E-state index in [1.807, 2.05) is 6.92 Å². The number of hydrogen-bond donors (Lipinski definition) is 2. The molecule has 1 aliphatic rings. The highest BCUT2D eigenvalue weighted by atomic mass is 32.2. The summed E-state index contributed by atoms with van der Waals surface area (Å²) in [6, 6.07) is 2.42. The summed E-state index contributed by atoms with van der Waals surface area (Å²) in [5.41, 5.74) is 5.01. The van der Waals surface area contributed by atoms with Gasteiger partial charge in [-0.25, -0.2) is 0 Å². The molecule has 18 heavy (non-hydrogen) atoms. The molecule has 102 valence electrons. The van der Waals surface area contributed by atoms with Crippen LogP contribution < -0.4 is 11.1 Å². The van der Waals surface area contributed by atoms with Crippen molar-refractivity contribution >= 4 is 17.7 Å². The fraction of sp³-hybridized carbons (Fsp3) is 0.846. The molecular weight excluding hydrogens is 246 g/mol.